The standard InChI is InChI=1S/C9H10F6O7/c10-7(11,12)4-18-9(19-6(16)17,21-8(13,14)15)22-20-5-2-1-3-5/h5H,1-4H2,(H,16,17). The Hall–Kier alpha value is -1.31. The molecule has 1 saturated carbocycles. The number of halogens is 6. The summed E-state index contributed by atoms with van der Waals surface area (Å²) in [6, 6.07) is 0. The number of hydrogen-bond acceptors (Lipinski definition) is 6. The molecule has 0 saturated heterocycles. The van der Waals surface area contributed by atoms with Crippen molar-refractivity contribution in [1.82, 2.24) is 0 Å². The molecule has 130 valence electrons. The number of carbonyl (C=O) groups is 1. The smallest absolute Gasteiger partial charge is 0.450 e. The van der Waals surface area contributed by atoms with Gasteiger partial charge in [0.1, 0.15) is 0 Å². The molecule has 1 aliphatic rings. The number of hydrogen-bond donors (Lipinski definition) is 1. The van der Waals surface area contributed by atoms with Gasteiger partial charge in [-0.05, 0) is 19.3 Å². The fourth-order valence-electron chi connectivity index (χ4n) is 1.15. The highest BCUT2D eigenvalue weighted by molar-refractivity contribution is 5.57. The highest BCUT2D eigenvalue weighted by atomic mass is 19.4. The first-order valence-corrected chi connectivity index (χ1v) is 5.65. The van der Waals surface area contributed by atoms with Gasteiger partial charge in [-0.3, -0.25) is 4.74 Å². The molecular weight excluding hydrogens is 334 g/mol. The molecule has 0 aromatic heterocycles. The Morgan fingerprint density at radius 2 is 1.73 bits per heavy atom. The monoisotopic (exact) mass is 344 g/mol. The molecule has 22 heavy (non-hydrogen) atoms. The maximum Gasteiger partial charge on any atom is 0.529 e. The van der Waals surface area contributed by atoms with Crippen molar-refractivity contribution < 1.29 is 60.2 Å². The van der Waals surface area contributed by atoms with E-state index in [0.717, 1.165) is 0 Å². The summed E-state index contributed by atoms with van der Waals surface area (Å²) >= 11 is 0. The van der Waals surface area contributed by atoms with Crippen LogP contribution in [0.3, 0.4) is 0 Å². The van der Waals surface area contributed by atoms with E-state index in [9.17, 15) is 31.1 Å². The fraction of sp³-hybridized carbons (Fsp3) is 0.889. The summed E-state index contributed by atoms with van der Waals surface area (Å²) in [6.07, 6.45) is -16.7. The van der Waals surface area contributed by atoms with Crippen LogP contribution in [0, 0.1) is 0 Å². The SMILES string of the molecule is O=C(O)OC(OCC(F)(F)F)(OOC1CCC1)OC(F)(F)F. The predicted molar refractivity (Wildman–Crippen MR) is 50.8 cm³/mol. The third kappa shape index (κ3) is 7.11. The summed E-state index contributed by atoms with van der Waals surface area (Å²) in [4.78, 5) is 18.7. The topological polar surface area (TPSA) is 83.5 Å². The molecule has 0 aromatic rings. The molecular formula is C9H10F6O7. The van der Waals surface area contributed by atoms with Crippen molar-refractivity contribution in [3.05, 3.63) is 0 Å². The molecule has 1 fully saturated rings. The Morgan fingerprint density at radius 1 is 1.14 bits per heavy atom. The minimum absolute atomic E-state index is 0.342. The number of carboxylic acid groups (broad SMARTS) is 1. The second-order valence-electron chi connectivity index (χ2n) is 4.05. The van der Waals surface area contributed by atoms with Crippen LogP contribution in [-0.4, -0.2) is 42.7 Å². The van der Waals surface area contributed by atoms with E-state index in [0.29, 0.717) is 19.3 Å². The van der Waals surface area contributed by atoms with Crippen molar-refractivity contribution in [2.24, 2.45) is 0 Å². The van der Waals surface area contributed by atoms with Gasteiger partial charge in [-0.2, -0.15) is 17.9 Å². The molecule has 1 rings (SSSR count). The molecule has 0 spiro atoms. The van der Waals surface area contributed by atoms with E-state index < -0.39 is 37.6 Å². The Labute approximate surface area is 118 Å². The molecule has 1 N–H and O–H groups in total. The van der Waals surface area contributed by atoms with Gasteiger partial charge in [0, 0.05) is 0 Å². The van der Waals surface area contributed by atoms with Crippen molar-refractivity contribution in [2.45, 2.75) is 44.1 Å². The average Bonchev–Trinajstić information content (AvgIpc) is 2.20. The lowest BCUT2D eigenvalue weighted by atomic mass is 9.97. The van der Waals surface area contributed by atoms with Gasteiger partial charge in [-0.15, -0.1) is 18.1 Å². The highest BCUT2D eigenvalue weighted by Gasteiger charge is 2.54. The van der Waals surface area contributed by atoms with Gasteiger partial charge in [0.15, 0.2) is 6.61 Å². The summed E-state index contributed by atoms with van der Waals surface area (Å²) in [5.41, 5.74) is 0. The second-order valence-corrected chi connectivity index (χ2v) is 4.05. The minimum atomic E-state index is -5.63. The van der Waals surface area contributed by atoms with Crippen LogP contribution in [-0.2, 0) is 24.0 Å². The molecule has 1 unspecified atom stereocenters. The Morgan fingerprint density at radius 3 is 2.09 bits per heavy atom. The van der Waals surface area contributed by atoms with E-state index in [1.54, 1.807) is 0 Å². The van der Waals surface area contributed by atoms with Gasteiger partial charge in [0.2, 0.25) is 0 Å². The van der Waals surface area contributed by atoms with Gasteiger partial charge in [0.05, 0.1) is 6.10 Å². The first-order chi connectivity index (χ1) is 9.91. The molecule has 0 amide bonds. The largest absolute Gasteiger partial charge is 0.529 e. The third-order valence-electron chi connectivity index (χ3n) is 2.20. The van der Waals surface area contributed by atoms with Crippen molar-refractivity contribution in [2.75, 3.05) is 6.61 Å². The lowest BCUT2D eigenvalue weighted by Crippen LogP contribution is -2.49. The van der Waals surface area contributed by atoms with E-state index in [-0.39, 0.29) is 0 Å². The van der Waals surface area contributed by atoms with Gasteiger partial charge in [-0.25, -0.2) is 9.68 Å². The van der Waals surface area contributed by atoms with E-state index in [2.05, 4.69) is 24.0 Å². The first-order valence-electron chi connectivity index (χ1n) is 5.65. The van der Waals surface area contributed by atoms with Gasteiger partial charge >= 0.3 is 24.9 Å². The first kappa shape index (κ1) is 18.7. The molecule has 0 heterocycles. The number of ether oxygens (including phenoxy) is 3. The van der Waals surface area contributed by atoms with E-state index in [4.69, 9.17) is 5.11 Å². The zero-order chi connectivity index (χ0) is 17.0. The molecule has 7 nitrogen and oxygen atoms in total. The van der Waals surface area contributed by atoms with Crippen LogP contribution in [0.25, 0.3) is 0 Å². The predicted octanol–water partition coefficient (Wildman–Crippen LogP) is 2.91. The lowest BCUT2D eigenvalue weighted by molar-refractivity contribution is -0.628. The third-order valence-corrected chi connectivity index (χ3v) is 2.20. The summed E-state index contributed by atoms with van der Waals surface area (Å²) in [7, 11) is 0. The highest BCUT2D eigenvalue weighted by Crippen LogP contribution is 2.33. The van der Waals surface area contributed by atoms with E-state index in [1.165, 1.54) is 0 Å². The van der Waals surface area contributed by atoms with Gasteiger partial charge < -0.3 is 9.84 Å². The van der Waals surface area contributed by atoms with Crippen molar-refractivity contribution in [3.8, 4) is 0 Å². The Balaban J connectivity index is 2.84. The normalized spacial score (nSPS) is 19.4. The van der Waals surface area contributed by atoms with Crippen LogP contribution < -0.4 is 0 Å². The molecule has 0 radical (unpaired) electrons. The van der Waals surface area contributed by atoms with E-state index in [1.807, 2.05) is 0 Å². The van der Waals surface area contributed by atoms with Gasteiger partial charge in [0.25, 0.3) is 0 Å². The van der Waals surface area contributed by atoms with Crippen LogP contribution in [0.2, 0.25) is 0 Å². The molecule has 1 atom stereocenters. The molecule has 0 aliphatic heterocycles. The maximum absolute atomic E-state index is 12.2. The number of alkyl halides is 6. The van der Waals surface area contributed by atoms with Crippen molar-refractivity contribution in [3.63, 3.8) is 0 Å². The summed E-state index contributed by atoms with van der Waals surface area (Å²) in [5, 5.41) is 8.35. The molecule has 0 bridgehead atoms. The lowest BCUT2D eigenvalue weighted by Gasteiger charge is -2.32. The molecule has 0 aromatic carbocycles. The van der Waals surface area contributed by atoms with Crippen molar-refractivity contribution in [1.29, 1.82) is 0 Å². The van der Waals surface area contributed by atoms with Gasteiger partial charge in [-0.1, -0.05) is 0 Å². The van der Waals surface area contributed by atoms with Crippen LogP contribution >= 0.6 is 0 Å². The zero-order valence-corrected chi connectivity index (χ0v) is 10.6. The molecule has 1 aliphatic carbocycles. The fourth-order valence-corrected chi connectivity index (χ4v) is 1.15. The van der Waals surface area contributed by atoms with Crippen LogP contribution in [0.5, 0.6) is 0 Å². The Kier molecular flexibility index (Phi) is 5.83. The Bertz CT molecular complexity index is 380. The zero-order valence-electron chi connectivity index (χ0n) is 10.6. The van der Waals surface area contributed by atoms with Crippen molar-refractivity contribution >= 4 is 6.16 Å². The minimum Gasteiger partial charge on any atom is -0.450 e. The van der Waals surface area contributed by atoms with Crippen LogP contribution in [0.4, 0.5) is 31.1 Å². The summed E-state index contributed by atoms with van der Waals surface area (Å²) in [6.45, 7) is -2.34. The number of rotatable bonds is 7. The average molecular weight is 344 g/mol. The quantitative estimate of drug-likeness (QED) is 0.250. The second kappa shape index (κ2) is 6.85. The molecule has 13 heteroatoms. The van der Waals surface area contributed by atoms with Crippen LogP contribution in [0.15, 0.2) is 0 Å². The van der Waals surface area contributed by atoms with Crippen LogP contribution in [0.1, 0.15) is 19.3 Å². The van der Waals surface area contributed by atoms with E-state index >= 15 is 0 Å². The summed E-state index contributed by atoms with van der Waals surface area (Å²) in [5.74, 6) is 0. The maximum atomic E-state index is 12.2. The summed E-state index contributed by atoms with van der Waals surface area (Å²) < 4.78 is 83.3.